The Morgan fingerprint density at radius 2 is 1.71 bits per heavy atom. The average Bonchev–Trinajstić information content (AvgIpc) is 2.46. The van der Waals surface area contributed by atoms with Crippen LogP contribution in [0, 0.1) is 5.82 Å². The Balaban J connectivity index is 2.28. The van der Waals surface area contributed by atoms with E-state index in [4.69, 9.17) is 0 Å². The molecule has 1 atom stereocenters. The summed E-state index contributed by atoms with van der Waals surface area (Å²) in [6, 6.07) is 12.4. The van der Waals surface area contributed by atoms with E-state index >= 15 is 0 Å². The van der Waals surface area contributed by atoms with Gasteiger partial charge >= 0.3 is 6.61 Å². The first-order chi connectivity index (χ1) is 10.1. The van der Waals surface area contributed by atoms with Gasteiger partial charge in [0.1, 0.15) is 11.6 Å². The lowest BCUT2D eigenvalue weighted by atomic mass is 9.98. The molecule has 112 valence electrons. The summed E-state index contributed by atoms with van der Waals surface area (Å²) in [6.07, 6.45) is 0. The summed E-state index contributed by atoms with van der Waals surface area (Å²) in [7, 11) is 0. The third kappa shape index (κ3) is 3.98. The number of rotatable bonds is 6. The third-order valence-electron chi connectivity index (χ3n) is 3.06. The Bertz CT molecular complexity index is 572. The van der Waals surface area contributed by atoms with Crippen LogP contribution in [0.5, 0.6) is 5.75 Å². The van der Waals surface area contributed by atoms with Gasteiger partial charge in [0.2, 0.25) is 0 Å². The van der Waals surface area contributed by atoms with Crippen molar-refractivity contribution < 1.29 is 17.9 Å². The smallest absolute Gasteiger partial charge is 0.387 e. The van der Waals surface area contributed by atoms with Gasteiger partial charge in [0.15, 0.2) is 0 Å². The summed E-state index contributed by atoms with van der Waals surface area (Å²) < 4.78 is 42.5. The highest BCUT2D eigenvalue weighted by molar-refractivity contribution is 5.36. The fourth-order valence-electron chi connectivity index (χ4n) is 2.16. The number of ether oxygens (including phenoxy) is 1. The molecule has 2 aromatic carbocycles. The molecule has 0 aromatic heterocycles. The molecule has 0 saturated heterocycles. The maximum absolute atomic E-state index is 13.9. The summed E-state index contributed by atoms with van der Waals surface area (Å²) in [5.74, 6) is -0.228. The van der Waals surface area contributed by atoms with Gasteiger partial charge in [0.25, 0.3) is 0 Å². The van der Waals surface area contributed by atoms with Gasteiger partial charge in [-0.3, -0.25) is 0 Å². The molecule has 0 heterocycles. The van der Waals surface area contributed by atoms with E-state index in [2.05, 4.69) is 10.1 Å². The van der Waals surface area contributed by atoms with E-state index < -0.39 is 6.61 Å². The highest BCUT2D eigenvalue weighted by Gasteiger charge is 2.16. The molecule has 0 radical (unpaired) electrons. The summed E-state index contributed by atoms with van der Waals surface area (Å²) in [5, 5.41) is 3.19. The molecule has 0 spiro atoms. The van der Waals surface area contributed by atoms with Crippen LogP contribution in [0.2, 0.25) is 0 Å². The van der Waals surface area contributed by atoms with Gasteiger partial charge in [0.05, 0.1) is 6.04 Å². The van der Waals surface area contributed by atoms with Crippen molar-refractivity contribution in [3.63, 3.8) is 0 Å². The number of halogens is 3. The Morgan fingerprint density at radius 1 is 1.05 bits per heavy atom. The monoisotopic (exact) mass is 295 g/mol. The Kier molecular flexibility index (Phi) is 5.22. The van der Waals surface area contributed by atoms with E-state index in [0.29, 0.717) is 12.1 Å². The molecule has 0 fully saturated rings. The lowest BCUT2D eigenvalue weighted by molar-refractivity contribution is -0.0498. The molecule has 5 heteroatoms. The van der Waals surface area contributed by atoms with Crippen molar-refractivity contribution in [3.05, 3.63) is 65.5 Å². The first-order valence-corrected chi connectivity index (χ1v) is 6.64. The molecule has 1 unspecified atom stereocenters. The molecule has 0 amide bonds. The fourth-order valence-corrected chi connectivity index (χ4v) is 2.16. The van der Waals surface area contributed by atoms with Crippen LogP contribution in [0.15, 0.2) is 48.5 Å². The maximum Gasteiger partial charge on any atom is 0.387 e. The van der Waals surface area contributed by atoms with E-state index in [0.717, 1.165) is 5.56 Å². The molecule has 0 aliphatic rings. The van der Waals surface area contributed by atoms with E-state index in [-0.39, 0.29) is 17.6 Å². The van der Waals surface area contributed by atoms with E-state index in [1.165, 1.54) is 18.2 Å². The number of alkyl halides is 2. The lowest BCUT2D eigenvalue weighted by Crippen LogP contribution is -2.22. The van der Waals surface area contributed by atoms with Crippen molar-refractivity contribution in [1.29, 1.82) is 0 Å². The van der Waals surface area contributed by atoms with Gasteiger partial charge < -0.3 is 10.1 Å². The number of nitrogens with one attached hydrogen (secondary N) is 1. The van der Waals surface area contributed by atoms with Crippen LogP contribution in [0.1, 0.15) is 24.1 Å². The first-order valence-electron chi connectivity index (χ1n) is 6.64. The van der Waals surface area contributed by atoms with Crippen LogP contribution in [-0.2, 0) is 0 Å². The SMILES string of the molecule is CCNC(c1ccc(OC(F)F)cc1)c1ccccc1F. The predicted molar refractivity (Wildman–Crippen MR) is 75.0 cm³/mol. The van der Waals surface area contributed by atoms with Crippen molar-refractivity contribution in [2.45, 2.75) is 19.6 Å². The van der Waals surface area contributed by atoms with Gasteiger partial charge in [0, 0.05) is 5.56 Å². The molecule has 0 aliphatic heterocycles. The number of hydrogen-bond donors (Lipinski definition) is 1. The zero-order valence-electron chi connectivity index (χ0n) is 11.5. The van der Waals surface area contributed by atoms with Crippen molar-refractivity contribution in [1.82, 2.24) is 5.32 Å². The van der Waals surface area contributed by atoms with Crippen LogP contribution in [0.3, 0.4) is 0 Å². The van der Waals surface area contributed by atoms with Gasteiger partial charge in [-0.15, -0.1) is 0 Å². The maximum atomic E-state index is 13.9. The molecule has 0 saturated carbocycles. The highest BCUT2D eigenvalue weighted by atomic mass is 19.3. The van der Waals surface area contributed by atoms with Gasteiger partial charge in [-0.1, -0.05) is 37.3 Å². The summed E-state index contributed by atoms with van der Waals surface area (Å²) in [4.78, 5) is 0. The molecular weight excluding hydrogens is 279 g/mol. The van der Waals surface area contributed by atoms with Crippen molar-refractivity contribution >= 4 is 0 Å². The second-order valence-electron chi connectivity index (χ2n) is 4.46. The Hall–Kier alpha value is -2.01. The lowest BCUT2D eigenvalue weighted by Gasteiger charge is -2.20. The normalized spacial score (nSPS) is 12.4. The minimum absolute atomic E-state index is 0.0810. The number of benzene rings is 2. The zero-order chi connectivity index (χ0) is 15.2. The second kappa shape index (κ2) is 7.13. The van der Waals surface area contributed by atoms with Gasteiger partial charge in [-0.25, -0.2) is 4.39 Å². The topological polar surface area (TPSA) is 21.3 Å². The molecule has 0 bridgehead atoms. The Morgan fingerprint density at radius 3 is 2.29 bits per heavy atom. The third-order valence-corrected chi connectivity index (χ3v) is 3.06. The summed E-state index contributed by atoms with van der Waals surface area (Å²) in [5.41, 5.74) is 1.30. The van der Waals surface area contributed by atoms with Crippen LogP contribution < -0.4 is 10.1 Å². The summed E-state index contributed by atoms with van der Waals surface area (Å²) in [6.45, 7) is -0.289. The van der Waals surface area contributed by atoms with E-state index in [1.807, 2.05) is 6.92 Å². The Labute approximate surface area is 121 Å². The second-order valence-corrected chi connectivity index (χ2v) is 4.46. The quantitative estimate of drug-likeness (QED) is 0.865. The van der Waals surface area contributed by atoms with Crippen LogP contribution in [-0.4, -0.2) is 13.2 Å². The van der Waals surface area contributed by atoms with Crippen molar-refractivity contribution in [3.8, 4) is 5.75 Å². The van der Waals surface area contributed by atoms with Crippen molar-refractivity contribution in [2.24, 2.45) is 0 Å². The predicted octanol–water partition coefficient (Wildman–Crippen LogP) is 4.13. The van der Waals surface area contributed by atoms with Crippen molar-refractivity contribution in [2.75, 3.05) is 6.54 Å². The molecule has 1 N–H and O–H groups in total. The van der Waals surface area contributed by atoms with E-state index in [1.54, 1.807) is 30.3 Å². The van der Waals surface area contributed by atoms with Gasteiger partial charge in [-0.05, 0) is 30.3 Å². The summed E-state index contributed by atoms with van der Waals surface area (Å²) >= 11 is 0. The highest BCUT2D eigenvalue weighted by Crippen LogP contribution is 2.26. The van der Waals surface area contributed by atoms with Crippen LogP contribution >= 0.6 is 0 Å². The van der Waals surface area contributed by atoms with Crippen LogP contribution in [0.4, 0.5) is 13.2 Å². The fraction of sp³-hybridized carbons (Fsp3) is 0.250. The largest absolute Gasteiger partial charge is 0.435 e. The molecule has 0 aliphatic carbocycles. The zero-order valence-corrected chi connectivity index (χ0v) is 11.5. The van der Waals surface area contributed by atoms with Gasteiger partial charge in [-0.2, -0.15) is 8.78 Å². The first kappa shape index (κ1) is 15.4. The molecule has 2 nitrogen and oxygen atoms in total. The van der Waals surface area contributed by atoms with E-state index in [9.17, 15) is 13.2 Å². The van der Waals surface area contributed by atoms with Crippen LogP contribution in [0.25, 0.3) is 0 Å². The molecule has 2 rings (SSSR count). The number of hydrogen-bond acceptors (Lipinski definition) is 2. The molecule has 2 aromatic rings. The molecular formula is C16H16F3NO. The molecule has 21 heavy (non-hydrogen) atoms. The average molecular weight is 295 g/mol. The minimum Gasteiger partial charge on any atom is -0.435 e. The minimum atomic E-state index is -2.85. The standard InChI is InChI=1S/C16H16F3NO/c1-2-20-15(13-5-3-4-6-14(13)17)11-7-9-12(10-8-11)21-16(18)19/h3-10,15-16,20H,2H2,1H3.